The highest BCUT2D eigenvalue weighted by molar-refractivity contribution is 6.30. The van der Waals surface area contributed by atoms with Gasteiger partial charge in [-0.2, -0.15) is 5.10 Å². The molecule has 0 aliphatic rings. The largest absolute Gasteiger partial charge is 0.347 e. The van der Waals surface area contributed by atoms with E-state index in [1.165, 1.54) is 0 Å². The van der Waals surface area contributed by atoms with Crippen molar-refractivity contribution in [3.63, 3.8) is 0 Å². The van der Waals surface area contributed by atoms with Crippen molar-refractivity contribution >= 4 is 17.5 Å². The van der Waals surface area contributed by atoms with Crippen molar-refractivity contribution in [2.45, 2.75) is 6.54 Å². The standard InChI is InChI=1S/C17H15ClN4O/c1-22-16(13-4-6-14(18)7-5-13)9-15(21-22)17(23)20-11-12-3-2-8-19-10-12/h2-10H,11H2,1H3,(H,20,23). The lowest BCUT2D eigenvalue weighted by molar-refractivity contribution is 0.0945. The molecule has 5 nitrogen and oxygen atoms in total. The molecule has 2 heterocycles. The molecule has 0 atom stereocenters. The van der Waals surface area contributed by atoms with Gasteiger partial charge in [0.15, 0.2) is 5.69 Å². The molecule has 0 spiro atoms. The second-order valence-electron chi connectivity index (χ2n) is 5.09. The van der Waals surface area contributed by atoms with Crippen LogP contribution >= 0.6 is 11.6 Å². The number of hydrogen-bond donors (Lipinski definition) is 1. The van der Waals surface area contributed by atoms with Crippen LogP contribution < -0.4 is 5.32 Å². The van der Waals surface area contributed by atoms with E-state index in [4.69, 9.17) is 11.6 Å². The predicted octanol–water partition coefficient (Wildman–Crippen LogP) is 3.07. The zero-order valence-electron chi connectivity index (χ0n) is 12.5. The zero-order valence-corrected chi connectivity index (χ0v) is 13.3. The molecule has 6 heteroatoms. The van der Waals surface area contributed by atoms with Gasteiger partial charge >= 0.3 is 0 Å². The van der Waals surface area contributed by atoms with Crippen LogP contribution in [0.25, 0.3) is 11.3 Å². The van der Waals surface area contributed by atoms with Crippen LogP contribution in [0.15, 0.2) is 54.9 Å². The average molecular weight is 327 g/mol. The summed E-state index contributed by atoms with van der Waals surface area (Å²) in [6, 6.07) is 12.9. The van der Waals surface area contributed by atoms with Crippen molar-refractivity contribution < 1.29 is 4.79 Å². The quantitative estimate of drug-likeness (QED) is 0.801. The van der Waals surface area contributed by atoms with E-state index in [2.05, 4.69) is 15.4 Å². The number of nitrogens with zero attached hydrogens (tertiary/aromatic N) is 3. The van der Waals surface area contributed by atoms with E-state index in [1.54, 1.807) is 23.1 Å². The van der Waals surface area contributed by atoms with Crippen molar-refractivity contribution in [1.82, 2.24) is 20.1 Å². The van der Waals surface area contributed by atoms with Gasteiger partial charge in [0.05, 0.1) is 5.69 Å². The molecule has 1 amide bonds. The lowest BCUT2D eigenvalue weighted by atomic mass is 10.1. The van der Waals surface area contributed by atoms with Crippen LogP contribution in [-0.2, 0) is 13.6 Å². The molecule has 0 saturated heterocycles. The molecule has 1 aromatic carbocycles. The number of carbonyl (C=O) groups is 1. The van der Waals surface area contributed by atoms with Crippen LogP contribution in [0.4, 0.5) is 0 Å². The maximum Gasteiger partial charge on any atom is 0.272 e. The molecule has 0 unspecified atom stereocenters. The molecule has 2 aromatic heterocycles. The molecule has 116 valence electrons. The molecule has 23 heavy (non-hydrogen) atoms. The first kappa shape index (κ1) is 15.2. The SMILES string of the molecule is Cn1nc(C(=O)NCc2cccnc2)cc1-c1ccc(Cl)cc1. The van der Waals surface area contributed by atoms with Gasteiger partial charge in [0.2, 0.25) is 0 Å². The third kappa shape index (κ3) is 3.57. The number of benzene rings is 1. The number of aryl methyl sites for hydroxylation is 1. The Kier molecular flexibility index (Phi) is 4.39. The van der Waals surface area contributed by atoms with Gasteiger partial charge in [-0.1, -0.05) is 29.8 Å². The highest BCUT2D eigenvalue weighted by atomic mass is 35.5. The number of amides is 1. The molecule has 0 bridgehead atoms. The first-order valence-corrected chi connectivity index (χ1v) is 7.48. The van der Waals surface area contributed by atoms with E-state index in [9.17, 15) is 4.79 Å². The van der Waals surface area contributed by atoms with Crippen molar-refractivity contribution in [3.05, 3.63) is 71.1 Å². The Morgan fingerprint density at radius 2 is 2.04 bits per heavy atom. The number of nitrogens with one attached hydrogen (secondary N) is 1. The van der Waals surface area contributed by atoms with Crippen LogP contribution in [0.3, 0.4) is 0 Å². The van der Waals surface area contributed by atoms with Crippen LogP contribution in [-0.4, -0.2) is 20.7 Å². The Labute approximate surface area is 138 Å². The molecule has 0 aliphatic carbocycles. The molecule has 0 aliphatic heterocycles. The Balaban J connectivity index is 1.75. The predicted molar refractivity (Wildman–Crippen MR) is 89.1 cm³/mol. The number of halogens is 1. The Morgan fingerprint density at radius 1 is 1.26 bits per heavy atom. The summed E-state index contributed by atoms with van der Waals surface area (Å²) in [5.41, 5.74) is 3.12. The van der Waals surface area contributed by atoms with Crippen molar-refractivity contribution in [3.8, 4) is 11.3 Å². The first-order chi connectivity index (χ1) is 11.1. The molecule has 0 radical (unpaired) electrons. The summed E-state index contributed by atoms with van der Waals surface area (Å²) in [5.74, 6) is -0.218. The van der Waals surface area contributed by atoms with E-state index in [1.807, 2.05) is 43.4 Å². The van der Waals surface area contributed by atoms with E-state index >= 15 is 0 Å². The third-order valence-corrected chi connectivity index (χ3v) is 3.68. The topological polar surface area (TPSA) is 59.8 Å². The van der Waals surface area contributed by atoms with Gasteiger partial charge in [-0.3, -0.25) is 14.5 Å². The van der Waals surface area contributed by atoms with Gasteiger partial charge in [0, 0.05) is 31.0 Å². The molecule has 1 N–H and O–H groups in total. The lowest BCUT2D eigenvalue weighted by Gasteiger charge is -2.02. The van der Waals surface area contributed by atoms with E-state index in [0.29, 0.717) is 17.3 Å². The Bertz CT molecular complexity index is 812. The number of aromatic nitrogens is 3. The second-order valence-corrected chi connectivity index (χ2v) is 5.53. The number of hydrogen-bond acceptors (Lipinski definition) is 3. The summed E-state index contributed by atoms with van der Waals surface area (Å²) in [5, 5.41) is 7.79. The summed E-state index contributed by atoms with van der Waals surface area (Å²) >= 11 is 5.90. The zero-order chi connectivity index (χ0) is 16.2. The second kappa shape index (κ2) is 6.62. The minimum absolute atomic E-state index is 0.218. The molecule has 0 fully saturated rings. The van der Waals surface area contributed by atoms with Crippen LogP contribution in [0, 0.1) is 0 Å². The summed E-state index contributed by atoms with van der Waals surface area (Å²) in [7, 11) is 1.81. The summed E-state index contributed by atoms with van der Waals surface area (Å²) in [6.45, 7) is 0.416. The smallest absolute Gasteiger partial charge is 0.272 e. The first-order valence-electron chi connectivity index (χ1n) is 7.10. The fraction of sp³-hybridized carbons (Fsp3) is 0.118. The van der Waals surface area contributed by atoms with E-state index < -0.39 is 0 Å². The number of carbonyl (C=O) groups excluding carboxylic acids is 1. The molecular weight excluding hydrogens is 312 g/mol. The fourth-order valence-electron chi connectivity index (χ4n) is 2.24. The minimum Gasteiger partial charge on any atom is -0.347 e. The van der Waals surface area contributed by atoms with E-state index in [-0.39, 0.29) is 5.91 Å². The lowest BCUT2D eigenvalue weighted by Crippen LogP contribution is -2.23. The maximum atomic E-state index is 12.2. The number of rotatable bonds is 4. The molecule has 3 rings (SSSR count). The minimum atomic E-state index is -0.218. The van der Waals surface area contributed by atoms with Gasteiger partial charge < -0.3 is 5.32 Å². The normalized spacial score (nSPS) is 10.5. The highest BCUT2D eigenvalue weighted by Crippen LogP contribution is 2.22. The van der Waals surface area contributed by atoms with Gasteiger partial charge in [-0.15, -0.1) is 0 Å². The van der Waals surface area contributed by atoms with Gasteiger partial charge in [-0.25, -0.2) is 0 Å². The summed E-state index contributed by atoms with van der Waals surface area (Å²) in [6.07, 6.45) is 3.42. The van der Waals surface area contributed by atoms with Gasteiger partial charge in [0.1, 0.15) is 0 Å². The van der Waals surface area contributed by atoms with Crippen molar-refractivity contribution in [1.29, 1.82) is 0 Å². The van der Waals surface area contributed by atoms with Gasteiger partial charge in [-0.05, 0) is 35.4 Å². The fourth-order valence-corrected chi connectivity index (χ4v) is 2.37. The summed E-state index contributed by atoms with van der Waals surface area (Å²) < 4.78 is 1.68. The average Bonchev–Trinajstić information content (AvgIpc) is 2.96. The van der Waals surface area contributed by atoms with Crippen LogP contribution in [0.1, 0.15) is 16.1 Å². The van der Waals surface area contributed by atoms with Crippen LogP contribution in [0.5, 0.6) is 0 Å². The van der Waals surface area contributed by atoms with Crippen LogP contribution in [0.2, 0.25) is 5.02 Å². The maximum absolute atomic E-state index is 12.2. The monoisotopic (exact) mass is 326 g/mol. The van der Waals surface area contributed by atoms with Gasteiger partial charge in [0.25, 0.3) is 5.91 Å². The number of pyridine rings is 1. The molecular formula is C17H15ClN4O. The van der Waals surface area contributed by atoms with Crippen molar-refractivity contribution in [2.75, 3.05) is 0 Å². The molecule has 3 aromatic rings. The third-order valence-electron chi connectivity index (χ3n) is 3.43. The Morgan fingerprint density at radius 3 is 2.74 bits per heavy atom. The van der Waals surface area contributed by atoms with E-state index in [0.717, 1.165) is 16.8 Å². The molecule has 0 saturated carbocycles. The highest BCUT2D eigenvalue weighted by Gasteiger charge is 2.13. The van der Waals surface area contributed by atoms with Crippen molar-refractivity contribution in [2.24, 2.45) is 7.05 Å². The Hall–Kier alpha value is -2.66. The summed E-state index contributed by atoms with van der Waals surface area (Å²) in [4.78, 5) is 16.3.